The van der Waals surface area contributed by atoms with Crippen molar-refractivity contribution in [3.8, 4) is 5.75 Å². The number of nitrogens with one attached hydrogen (secondary N) is 1. The van der Waals surface area contributed by atoms with E-state index in [0.717, 1.165) is 25.5 Å². The second-order valence-electron chi connectivity index (χ2n) is 7.45. The van der Waals surface area contributed by atoms with Gasteiger partial charge in [-0.2, -0.15) is 0 Å². The Morgan fingerprint density at radius 3 is 2.45 bits per heavy atom. The van der Waals surface area contributed by atoms with Gasteiger partial charge in [-0.1, -0.05) is 0 Å². The van der Waals surface area contributed by atoms with Crippen molar-refractivity contribution in [2.75, 3.05) is 24.8 Å². The molecule has 8 nitrogen and oxygen atoms in total. The zero-order chi connectivity index (χ0) is 22.3. The number of fused-ring (bicyclic) bond motifs is 4. The second-order valence-corrected chi connectivity index (χ2v) is 7.45. The molecule has 0 spiro atoms. The standard InChI is InChI=1S/C20H19F3N4O4/c21-11-6-14(22)12(15(23)7-11)8-24-19(30)13-9-27-16(18(29)17(13)28)20(31)25-4-2-1-3-5-26(27)10-25/h6-7,9,29H,1-5,8,10H2,(H,24,30). The molecule has 2 N–H and O–H groups in total. The molecule has 1 fully saturated rings. The summed E-state index contributed by atoms with van der Waals surface area (Å²) in [5.41, 5.74) is -2.37. The van der Waals surface area contributed by atoms with Gasteiger partial charge in [0.15, 0.2) is 11.4 Å². The average molecular weight is 436 g/mol. The molecule has 0 saturated carbocycles. The predicted molar refractivity (Wildman–Crippen MR) is 103 cm³/mol. The molecule has 2 bridgehead atoms. The minimum absolute atomic E-state index is 0.231. The van der Waals surface area contributed by atoms with Gasteiger partial charge in [-0.15, -0.1) is 0 Å². The smallest absolute Gasteiger partial charge is 0.277 e. The predicted octanol–water partition coefficient (Wildman–Crippen LogP) is 1.44. The van der Waals surface area contributed by atoms with Crippen LogP contribution in [0.15, 0.2) is 23.1 Å². The summed E-state index contributed by atoms with van der Waals surface area (Å²) in [7, 11) is 0. The normalized spacial score (nSPS) is 15.9. The van der Waals surface area contributed by atoms with Crippen LogP contribution in [0, 0.1) is 17.5 Å². The molecule has 2 aliphatic rings. The first-order chi connectivity index (χ1) is 14.8. The number of rotatable bonds is 3. The number of aromatic hydroxyl groups is 1. The minimum Gasteiger partial charge on any atom is -0.502 e. The molecule has 0 aliphatic carbocycles. The Morgan fingerprint density at radius 2 is 1.74 bits per heavy atom. The van der Waals surface area contributed by atoms with Gasteiger partial charge in [0, 0.05) is 43.5 Å². The molecule has 1 saturated heterocycles. The first-order valence-electron chi connectivity index (χ1n) is 9.72. The highest BCUT2D eigenvalue weighted by molar-refractivity contribution is 5.99. The summed E-state index contributed by atoms with van der Waals surface area (Å²) < 4.78 is 41.9. The van der Waals surface area contributed by atoms with E-state index < -0.39 is 58.1 Å². The second kappa shape index (κ2) is 7.97. The molecular formula is C20H19F3N4O4. The maximum atomic E-state index is 13.8. The van der Waals surface area contributed by atoms with Crippen molar-refractivity contribution >= 4 is 11.8 Å². The van der Waals surface area contributed by atoms with Crippen molar-refractivity contribution in [3.05, 3.63) is 62.8 Å². The van der Waals surface area contributed by atoms with E-state index in [1.165, 1.54) is 9.58 Å². The van der Waals surface area contributed by atoms with E-state index in [0.29, 0.717) is 25.2 Å². The topological polar surface area (TPSA) is 94.9 Å². The van der Waals surface area contributed by atoms with Crippen LogP contribution in [0.25, 0.3) is 0 Å². The monoisotopic (exact) mass is 436 g/mol. The molecule has 31 heavy (non-hydrogen) atoms. The van der Waals surface area contributed by atoms with Crippen LogP contribution in [0.3, 0.4) is 0 Å². The summed E-state index contributed by atoms with van der Waals surface area (Å²) in [4.78, 5) is 39.4. The molecule has 1 aromatic heterocycles. The lowest BCUT2D eigenvalue weighted by atomic mass is 10.1. The van der Waals surface area contributed by atoms with Crippen molar-refractivity contribution in [1.29, 1.82) is 0 Å². The van der Waals surface area contributed by atoms with E-state index in [1.54, 1.807) is 5.01 Å². The number of benzene rings is 1. The Morgan fingerprint density at radius 1 is 1.06 bits per heavy atom. The quantitative estimate of drug-likeness (QED) is 0.760. The molecule has 0 unspecified atom stereocenters. The van der Waals surface area contributed by atoms with Crippen molar-refractivity contribution in [2.24, 2.45) is 0 Å². The molecule has 0 atom stereocenters. The maximum absolute atomic E-state index is 13.8. The van der Waals surface area contributed by atoms with Crippen LogP contribution < -0.4 is 15.8 Å². The van der Waals surface area contributed by atoms with Gasteiger partial charge in [0.2, 0.25) is 5.43 Å². The summed E-state index contributed by atoms with van der Waals surface area (Å²) in [5.74, 6) is -5.86. The van der Waals surface area contributed by atoms with Crippen LogP contribution >= 0.6 is 0 Å². The van der Waals surface area contributed by atoms with Gasteiger partial charge in [-0.25, -0.2) is 13.2 Å². The average Bonchev–Trinajstić information content (AvgIpc) is 2.68. The summed E-state index contributed by atoms with van der Waals surface area (Å²) in [6, 6.07) is 0.951. The van der Waals surface area contributed by atoms with Gasteiger partial charge in [-0.3, -0.25) is 24.1 Å². The summed E-state index contributed by atoms with van der Waals surface area (Å²) in [5, 5.41) is 14.3. The Bertz CT molecular complexity index is 1110. The number of carbonyl (C=O) groups excluding carboxylic acids is 2. The van der Waals surface area contributed by atoms with Crippen LogP contribution in [0.5, 0.6) is 5.75 Å². The number of aromatic nitrogens is 1. The Kier molecular flexibility index (Phi) is 5.34. The number of pyridine rings is 1. The molecule has 11 heteroatoms. The number of nitrogens with zero attached hydrogens (tertiary/aromatic N) is 3. The highest BCUT2D eigenvalue weighted by Gasteiger charge is 2.34. The van der Waals surface area contributed by atoms with E-state index in [2.05, 4.69) is 5.32 Å². The van der Waals surface area contributed by atoms with E-state index in [-0.39, 0.29) is 12.4 Å². The molecule has 1 aromatic carbocycles. The van der Waals surface area contributed by atoms with Crippen LogP contribution in [-0.4, -0.2) is 46.3 Å². The van der Waals surface area contributed by atoms with Gasteiger partial charge in [-0.05, 0) is 19.3 Å². The molecule has 164 valence electrons. The first kappa shape index (κ1) is 20.8. The van der Waals surface area contributed by atoms with Gasteiger partial charge < -0.3 is 15.3 Å². The fourth-order valence-electron chi connectivity index (χ4n) is 3.78. The number of halogens is 3. The van der Waals surface area contributed by atoms with E-state index in [9.17, 15) is 32.7 Å². The zero-order valence-corrected chi connectivity index (χ0v) is 16.3. The minimum atomic E-state index is -1.19. The van der Waals surface area contributed by atoms with E-state index in [4.69, 9.17) is 0 Å². The third-order valence-electron chi connectivity index (χ3n) is 5.41. The largest absolute Gasteiger partial charge is 0.502 e. The fourth-order valence-corrected chi connectivity index (χ4v) is 3.78. The zero-order valence-electron chi connectivity index (χ0n) is 16.3. The summed E-state index contributed by atoms with van der Waals surface area (Å²) in [6.45, 7) is 0.614. The number of hydrogen-bond acceptors (Lipinski definition) is 5. The lowest BCUT2D eigenvalue weighted by Crippen LogP contribution is -2.55. The molecule has 4 rings (SSSR count). The van der Waals surface area contributed by atoms with Crippen molar-refractivity contribution in [1.82, 2.24) is 14.9 Å². The Labute approximate surface area is 174 Å². The molecule has 2 aromatic rings. The Hall–Kier alpha value is -3.50. The first-order valence-corrected chi connectivity index (χ1v) is 9.72. The lowest BCUT2D eigenvalue weighted by Gasteiger charge is -2.41. The fraction of sp³-hybridized carbons (Fsp3) is 0.350. The van der Waals surface area contributed by atoms with E-state index >= 15 is 0 Å². The molecule has 3 heterocycles. The molecule has 2 aliphatic heterocycles. The summed E-state index contributed by atoms with van der Waals surface area (Å²) in [6.07, 6.45) is 3.66. The van der Waals surface area contributed by atoms with Crippen LogP contribution in [0.1, 0.15) is 45.7 Å². The molecular weight excluding hydrogens is 417 g/mol. The Balaban J connectivity index is 1.66. The van der Waals surface area contributed by atoms with Gasteiger partial charge in [0.05, 0.1) is 0 Å². The summed E-state index contributed by atoms with van der Waals surface area (Å²) >= 11 is 0. The van der Waals surface area contributed by atoms with Crippen molar-refractivity contribution < 1.29 is 27.9 Å². The van der Waals surface area contributed by atoms with Crippen molar-refractivity contribution in [3.63, 3.8) is 0 Å². The van der Waals surface area contributed by atoms with Crippen LogP contribution in [0.4, 0.5) is 13.2 Å². The van der Waals surface area contributed by atoms with Crippen molar-refractivity contribution in [2.45, 2.75) is 25.8 Å². The maximum Gasteiger partial charge on any atom is 0.277 e. The van der Waals surface area contributed by atoms with Crippen LogP contribution in [-0.2, 0) is 6.54 Å². The number of hydrogen-bond donors (Lipinski definition) is 2. The molecule has 2 amide bonds. The third-order valence-corrected chi connectivity index (χ3v) is 5.41. The lowest BCUT2D eigenvalue weighted by molar-refractivity contribution is 0.0671. The molecule has 0 radical (unpaired) electrons. The highest BCUT2D eigenvalue weighted by Crippen LogP contribution is 2.23. The van der Waals surface area contributed by atoms with Gasteiger partial charge in [0.1, 0.15) is 29.7 Å². The van der Waals surface area contributed by atoms with E-state index in [1.807, 2.05) is 0 Å². The third kappa shape index (κ3) is 3.71. The van der Waals surface area contributed by atoms with Crippen LogP contribution in [0.2, 0.25) is 0 Å². The van der Waals surface area contributed by atoms with Gasteiger partial charge in [0.25, 0.3) is 11.8 Å². The number of amides is 2. The SMILES string of the molecule is O=C(NCc1c(F)cc(F)cc1F)c1cn2c(c(O)c1=O)C(=O)N1CCCCCN2C1. The van der Waals surface area contributed by atoms with Gasteiger partial charge >= 0.3 is 0 Å². The number of carbonyl (C=O) groups is 2. The highest BCUT2D eigenvalue weighted by atomic mass is 19.1.